The zero-order valence-electron chi connectivity index (χ0n) is 5.35. The van der Waals surface area contributed by atoms with Crippen molar-refractivity contribution in [1.82, 2.24) is 0 Å². The van der Waals surface area contributed by atoms with Crippen molar-refractivity contribution in [2.24, 2.45) is 0 Å². The largest absolute Gasteiger partial charge is 0.393 e. The molecule has 0 radical (unpaired) electrons. The van der Waals surface area contributed by atoms with Gasteiger partial charge in [-0.2, -0.15) is 0 Å². The summed E-state index contributed by atoms with van der Waals surface area (Å²) in [7, 11) is 0. The first-order valence-corrected chi connectivity index (χ1v) is 2.95. The summed E-state index contributed by atoms with van der Waals surface area (Å²) < 4.78 is 5.23. The maximum Gasteiger partial charge on any atom is 0.0912 e. The fraction of sp³-hybridized carbons (Fsp3) is 1.00. The molecule has 1 saturated heterocycles. The first kappa shape index (κ1) is 6.05. The molecule has 2 atom stereocenters. The second-order valence-electron chi connectivity index (χ2n) is 2.74. The third kappa shape index (κ3) is 0.858. The molecule has 0 saturated carbocycles. The minimum atomic E-state index is -0.209. The monoisotopic (exact) mass is 116 g/mol. The van der Waals surface area contributed by atoms with Crippen LogP contribution in [-0.4, -0.2) is 23.4 Å². The molecule has 0 spiro atoms. The summed E-state index contributed by atoms with van der Waals surface area (Å²) in [6, 6.07) is 0. The SMILES string of the molecule is C[C@@H]1C[C@@](C)(CO)O1. The van der Waals surface area contributed by atoms with Crippen LogP contribution in [0.5, 0.6) is 0 Å². The van der Waals surface area contributed by atoms with Crippen molar-refractivity contribution in [2.75, 3.05) is 6.61 Å². The van der Waals surface area contributed by atoms with Crippen LogP contribution in [0.3, 0.4) is 0 Å². The van der Waals surface area contributed by atoms with E-state index in [1.165, 1.54) is 0 Å². The van der Waals surface area contributed by atoms with E-state index in [1.807, 2.05) is 13.8 Å². The molecule has 0 unspecified atom stereocenters. The summed E-state index contributed by atoms with van der Waals surface area (Å²) in [6.07, 6.45) is 1.34. The first-order valence-electron chi connectivity index (χ1n) is 2.95. The number of hydrogen-bond donors (Lipinski definition) is 1. The molecular formula is C6H12O2. The van der Waals surface area contributed by atoms with Gasteiger partial charge in [-0.15, -0.1) is 0 Å². The molecular weight excluding hydrogens is 104 g/mol. The predicted molar refractivity (Wildman–Crippen MR) is 30.7 cm³/mol. The average molecular weight is 116 g/mol. The Kier molecular flexibility index (Phi) is 1.29. The van der Waals surface area contributed by atoms with Crippen molar-refractivity contribution >= 4 is 0 Å². The smallest absolute Gasteiger partial charge is 0.0912 e. The van der Waals surface area contributed by atoms with Gasteiger partial charge in [-0.25, -0.2) is 0 Å². The van der Waals surface area contributed by atoms with E-state index >= 15 is 0 Å². The van der Waals surface area contributed by atoms with Gasteiger partial charge in [-0.05, 0) is 13.8 Å². The molecule has 8 heavy (non-hydrogen) atoms. The first-order chi connectivity index (χ1) is 3.66. The number of ether oxygens (including phenoxy) is 1. The summed E-state index contributed by atoms with van der Waals surface area (Å²) in [5, 5.41) is 8.64. The molecule has 1 rings (SSSR count). The number of rotatable bonds is 1. The zero-order valence-corrected chi connectivity index (χ0v) is 5.35. The number of aliphatic hydroxyl groups is 1. The van der Waals surface area contributed by atoms with Crippen molar-refractivity contribution in [3.05, 3.63) is 0 Å². The van der Waals surface area contributed by atoms with E-state index in [0.29, 0.717) is 6.10 Å². The molecule has 0 aromatic rings. The van der Waals surface area contributed by atoms with E-state index in [0.717, 1.165) is 6.42 Å². The molecule has 0 aromatic heterocycles. The summed E-state index contributed by atoms with van der Waals surface area (Å²) in [4.78, 5) is 0. The molecule has 2 heteroatoms. The quantitative estimate of drug-likeness (QED) is 0.542. The van der Waals surface area contributed by atoms with E-state index in [4.69, 9.17) is 9.84 Å². The molecule has 0 aliphatic carbocycles. The zero-order chi connectivity index (χ0) is 6.20. The third-order valence-electron chi connectivity index (χ3n) is 1.54. The van der Waals surface area contributed by atoms with Crippen molar-refractivity contribution in [2.45, 2.75) is 32.0 Å². The van der Waals surface area contributed by atoms with E-state index in [-0.39, 0.29) is 12.2 Å². The van der Waals surface area contributed by atoms with Gasteiger partial charge in [0.05, 0.1) is 18.3 Å². The summed E-state index contributed by atoms with van der Waals surface area (Å²) in [5.41, 5.74) is -0.209. The van der Waals surface area contributed by atoms with Crippen LogP contribution < -0.4 is 0 Å². The molecule has 0 amide bonds. The van der Waals surface area contributed by atoms with Gasteiger partial charge >= 0.3 is 0 Å². The van der Waals surface area contributed by atoms with Gasteiger partial charge in [0.25, 0.3) is 0 Å². The van der Waals surface area contributed by atoms with Gasteiger partial charge in [0.15, 0.2) is 0 Å². The van der Waals surface area contributed by atoms with Crippen LogP contribution in [0.15, 0.2) is 0 Å². The van der Waals surface area contributed by atoms with Gasteiger partial charge in [0, 0.05) is 6.42 Å². The summed E-state index contributed by atoms with van der Waals surface area (Å²) in [5.74, 6) is 0. The topological polar surface area (TPSA) is 29.5 Å². The van der Waals surface area contributed by atoms with Gasteiger partial charge in [0.1, 0.15) is 0 Å². The summed E-state index contributed by atoms with van der Waals surface area (Å²) >= 11 is 0. The molecule has 1 heterocycles. The molecule has 0 aromatic carbocycles. The van der Waals surface area contributed by atoms with E-state index in [9.17, 15) is 0 Å². The highest BCUT2D eigenvalue weighted by molar-refractivity contribution is 4.86. The highest BCUT2D eigenvalue weighted by Crippen LogP contribution is 2.30. The maximum atomic E-state index is 8.64. The lowest BCUT2D eigenvalue weighted by molar-refractivity contribution is -0.204. The fourth-order valence-electron chi connectivity index (χ4n) is 1.19. The van der Waals surface area contributed by atoms with Crippen LogP contribution in [0.1, 0.15) is 20.3 Å². The predicted octanol–water partition coefficient (Wildman–Crippen LogP) is 0.546. The number of aliphatic hydroxyl groups excluding tert-OH is 1. The second-order valence-corrected chi connectivity index (χ2v) is 2.74. The maximum absolute atomic E-state index is 8.64. The standard InChI is InChI=1S/C6H12O2/c1-5-3-6(2,4-7)8-5/h5,7H,3-4H2,1-2H3/t5-,6+/m1/s1. The highest BCUT2D eigenvalue weighted by Gasteiger charge is 2.37. The lowest BCUT2D eigenvalue weighted by Gasteiger charge is -2.42. The van der Waals surface area contributed by atoms with Gasteiger partial charge < -0.3 is 9.84 Å². The van der Waals surface area contributed by atoms with Crippen molar-refractivity contribution in [3.63, 3.8) is 0 Å². The van der Waals surface area contributed by atoms with Gasteiger partial charge in [0.2, 0.25) is 0 Å². The summed E-state index contributed by atoms with van der Waals surface area (Å²) in [6.45, 7) is 4.09. The van der Waals surface area contributed by atoms with Gasteiger partial charge in [-0.1, -0.05) is 0 Å². The Balaban J connectivity index is 2.30. The molecule has 1 aliphatic rings. The highest BCUT2D eigenvalue weighted by atomic mass is 16.5. The molecule has 1 N–H and O–H groups in total. The lowest BCUT2D eigenvalue weighted by Crippen LogP contribution is -2.49. The Labute approximate surface area is 49.5 Å². The van der Waals surface area contributed by atoms with Crippen molar-refractivity contribution < 1.29 is 9.84 Å². The van der Waals surface area contributed by atoms with Crippen LogP contribution in [-0.2, 0) is 4.74 Å². The van der Waals surface area contributed by atoms with Crippen LogP contribution in [0.2, 0.25) is 0 Å². The van der Waals surface area contributed by atoms with Crippen molar-refractivity contribution in [3.8, 4) is 0 Å². The molecule has 1 aliphatic heterocycles. The molecule has 1 fully saturated rings. The molecule has 0 bridgehead atoms. The van der Waals surface area contributed by atoms with Gasteiger partial charge in [-0.3, -0.25) is 0 Å². The lowest BCUT2D eigenvalue weighted by atomic mass is 9.93. The van der Waals surface area contributed by atoms with E-state index < -0.39 is 0 Å². The molecule has 2 nitrogen and oxygen atoms in total. The normalized spacial score (nSPS) is 46.1. The van der Waals surface area contributed by atoms with Crippen LogP contribution in [0, 0.1) is 0 Å². The minimum Gasteiger partial charge on any atom is -0.393 e. The Morgan fingerprint density at radius 2 is 2.38 bits per heavy atom. The second kappa shape index (κ2) is 1.71. The van der Waals surface area contributed by atoms with Crippen LogP contribution in [0.4, 0.5) is 0 Å². The van der Waals surface area contributed by atoms with E-state index in [2.05, 4.69) is 0 Å². The average Bonchev–Trinajstić information content (AvgIpc) is 1.63. The molecule has 48 valence electrons. The third-order valence-corrected chi connectivity index (χ3v) is 1.54. The Morgan fingerprint density at radius 3 is 2.50 bits per heavy atom. The minimum absolute atomic E-state index is 0.150. The Morgan fingerprint density at radius 1 is 1.88 bits per heavy atom. The fourth-order valence-corrected chi connectivity index (χ4v) is 1.19. The van der Waals surface area contributed by atoms with Crippen LogP contribution >= 0.6 is 0 Å². The van der Waals surface area contributed by atoms with Crippen molar-refractivity contribution in [1.29, 1.82) is 0 Å². The Hall–Kier alpha value is -0.0800. The number of hydrogen-bond acceptors (Lipinski definition) is 2. The Bertz CT molecular complexity index is 84.5. The van der Waals surface area contributed by atoms with E-state index in [1.54, 1.807) is 0 Å². The van der Waals surface area contributed by atoms with Crippen LogP contribution in [0.25, 0.3) is 0 Å².